The molecule has 184 valence electrons. The highest BCUT2D eigenvalue weighted by Gasteiger charge is 2.25. The van der Waals surface area contributed by atoms with Crippen molar-refractivity contribution in [2.45, 2.75) is 44.9 Å². The molecule has 9 heteroatoms. The van der Waals surface area contributed by atoms with Crippen molar-refractivity contribution in [2.24, 2.45) is 0 Å². The second kappa shape index (κ2) is 11.5. The van der Waals surface area contributed by atoms with Gasteiger partial charge in [0.15, 0.2) is 0 Å². The second-order valence-electron chi connectivity index (χ2n) is 8.39. The van der Waals surface area contributed by atoms with Crippen molar-refractivity contribution in [1.82, 2.24) is 9.62 Å². The van der Waals surface area contributed by atoms with Crippen molar-refractivity contribution in [3.8, 4) is 0 Å². The third-order valence-corrected chi connectivity index (χ3v) is 8.00. The van der Waals surface area contributed by atoms with Gasteiger partial charge in [-0.05, 0) is 50.1 Å². The van der Waals surface area contributed by atoms with Crippen LogP contribution in [0.3, 0.4) is 0 Å². The van der Waals surface area contributed by atoms with E-state index >= 15 is 0 Å². The highest BCUT2D eigenvalue weighted by molar-refractivity contribution is 7.89. The Bertz CT molecular complexity index is 1120. The van der Waals surface area contributed by atoms with Crippen molar-refractivity contribution in [3.05, 3.63) is 53.6 Å². The highest BCUT2D eigenvalue weighted by Crippen LogP contribution is 2.32. The summed E-state index contributed by atoms with van der Waals surface area (Å²) in [5.41, 5.74) is 2.82. The van der Waals surface area contributed by atoms with Gasteiger partial charge < -0.3 is 15.5 Å². The largest absolute Gasteiger partial charge is 0.370 e. The maximum Gasteiger partial charge on any atom is 0.251 e. The standard InChI is InChI=1S/C25H34N4O4S/c1-4-29(5-2)34(32,33)21-11-12-23(28-15-6-7-16-28)22(18-21)27-24(30)13-14-26-25(31)20-10-8-9-19(3)17-20/h8-12,17-18H,4-7,13-16H2,1-3H3,(H,26,31)(H,27,30). The molecular formula is C25H34N4O4S. The first-order valence-electron chi connectivity index (χ1n) is 11.8. The summed E-state index contributed by atoms with van der Waals surface area (Å²) in [7, 11) is -3.66. The number of benzene rings is 2. The van der Waals surface area contributed by atoms with Crippen LogP contribution in [0.15, 0.2) is 47.4 Å². The number of rotatable bonds is 10. The normalized spacial score (nSPS) is 13.8. The van der Waals surface area contributed by atoms with Crippen molar-refractivity contribution in [1.29, 1.82) is 0 Å². The van der Waals surface area contributed by atoms with E-state index in [-0.39, 0.29) is 29.7 Å². The Morgan fingerprint density at radius 2 is 1.74 bits per heavy atom. The average Bonchev–Trinajstić information content (AvgIpc) is 3.34. The van der Waals surface area contributed by atoms with E-state index in [0.29, 0.717) is 24.3 Å². The lowest BCUT2D eigenvalue weighted by Gasteiger charge is -2.24. The monoisotopic (exact) mass is 486 g/mol. The van der Waals surface area contributed by atoms with E-state index in [1.807, 2.05) is 19.1 Å². The number of amides is 2. The van der Waals surface area contributed by atoms with E-state index in [1.165, 1.54) is 4.31 Å². The third-order valence-electron chi connectivity index (χ3n) is 5.95. The lowest BCUT2D eigenvalue weighted by atomic mass is 10.1. The molecule has 0 aliphatic carbocycles. The van der Waals surface area contributed by atoms with Gasteiger partial charge in [-0.3, -0.25) is 9.59 Å². The van der Waals surface area contributed by atoms with Gasteiger partial charge in [0, 0.05) is 44.7 Å². The van der Waals surface area contributed by atoms with Gasteiger partial charge in [0.2, 0.25) is 15.9 Å². The Balaban J connectivity index is 1.73. The van der Waals surface area contributed by atoms with Crippen molar-refractivity contribution < 1.29 is 18.0 Å². The number of carbonyl (C=O) groups excluding carboxylic acids is 2. The first-order valence-corrected chi connectivity index (χ1v) is 13.2. The highest BCUT2D eigenvalue weighted by atomic mass is 32.2. The molecule has 8 nitrogen and oxygen atoms in total. The van der Waals surface area contributed by atoms with Crippen LogP contribution in [0.2, 0.25) is 0 Å². The third kappa shape index (κ3) is 6.15. The summed E-state index contributed by atoms with van der Waals surface area (Å²) in [6.07, 6.45) is 2.18. The van der Waals surface area contributed by atoms with Crippen LogP contribution in [0.1, 0.15) is 49.0 Å². The van der Waals surface area contributed by atoms with Gasteiger partial charge in [-0.25, -0.2) is 8.42 Å². The summed E-state index contributed by atoms with van der Waals surface area (Å²) in [6.45, 7) is 8.14. The zero-order valence-electron chi connectivity index (χ0n) is 20.1. The van der Waals surface area contributed by atoms with Crippen LogP contribution in [-0.2, 0) is 14.8 Å². The number of hydrogen-bond donors (Lipinski definition) is 2. The fourth-order valence-corrected chi connectivity index (χ4v) is 5.60. The molecule has 2 aromatic rings. The first-order chi connectivity index (χ1) is 16.3. The number of anilines is 2. The van der Waals surface area contributed by atoms with Gasteiger partial charge in [-0.2, -0.15) is 4.31 Å². The van der Waals surface area contributed by atoms with Crippen LogP contribution < -0.4 is 15.5 Å². The Hall–Kier alpha value is -2.91. The lowest BCUT2D eigenvalue weighted by Crippen LogP contribution is -2.31. The zero-order valence-corrected chi connectivity index (χ0v) is 21.0. The predicted octanol–water partition coefficient (Wildman–Crippen LogP) is 3.38. The van der Waals surface area contributed by atoms with E-state index in [0.717, 1.165) is 37.2 Å². The number of carbonyl (C=O) groups is 2. The van der Waals surface area contributed by atoms with E-state index < -0.39 is 10.0 Å². The van der Waals surface area contributed by atoms with E-state index in [1.54, 1.807) is 44.2 Å². The summed E-state index contributed by atoms with van der Waals surface area (Å²) in [5.74, 6) is -0.524. The van der Waals surface area contributed by atoms with E-state index in [2.05, 4.69) is 15.5 Å². The molecule has 1 aliphatic rings. The van der Waals surface area contributed by atoms with Crippen LogP contribution >= 0.6 is 0 Å². The van der Waals surface area contributed by atoms with Gasteiger partial charge >= 0.3 is 0 Å². The number of sulfonamides is 1. The lowest BCUT2D eigenvalue weighted by molar-refractivity contribution is -0.116. The Kier molecular flexibility index (Phi) is 8.68. The quantitative estimate of drug-likeness (QED) is 0.536. The first kappa shape index (κ1) is 25.7. The average molecular weight is 487 g/mol. The molecule has 1 heterocycles. The molecule has 3 rings (SSSR count). The predicted molar refractivity (Wildman–Crippen MR) is 135 cm³/mol. The molecule has 0 bridgehead atoms. The molecule has 2 N–H and O–H groups in total. The zero-order chi connectivity index (χ0) is 24.7. The Morgan fingerprint density at radius 1 is 1.03 bits per heavy atom. The fraction of sp³-hybridized carbons (Fsp3) is 0.440. The number of nitrogens with zero attached hydrogens (tertiary/aromatic N) is 2. The van der Waals surface area contributed by atoms with Crippen LogP contribution in [0.4, 0.5) is 11.4 Å². The summed E-state index contributed by atoms with van der Waals surface area (Å²) < 4.78 is 27.4. The summed E-state index contributed by atoms with van der Waals surface area (Å²) in [4.78, 5) is 27.3. The van der Waals surface area contributed by atoms with Gasteiger partial charge in [-0.15, -0.1) is 0 Å². The summed E-state index contributed by atoms with van der Waals surface area (Å²) >= 11 is 0. The fourth-order valence-electron chi connectivity index (χ4n) is 4.11. The molecule has 0 spiro atoms. The minimum absolute atomic E-state index is 0.0734. The molecule has 0 radical (unpaired) electrons. The molecular weight excluding hydrogens is 452 g/mol. The van der Waals surface area contributed by atoms with Crippen molar-refractivity contribution >= 4 is 33.2 Å². The molecule has 1 fully saturated rings. The minimum atomic E-state index is -3.66. The van der Waals surface area contributed by atoms with E-state index in [9.17, 15) is 18.0 Å². The topological polar surface area (TPSA) is 98.8 Å². The molecule has 1 saturated heterocycles. The van der Waals surface area contributed by atoms with Crippen molar-refractivity contribution in [3.63, 3.8) is 0 Å². The molecule has 2 aromatic carbocycles. The molecule has 0 atom stereocenters. The maximum absolute atomic E-state index is 13.0. The van der Waals surface area contributed by atoms with Crippen LogP contribution in [0, 0.1) is 6.92 Å². The number of hydrogen-bond acceptors (Lipinski definition) is 5. The van der Waals surface area contributed by atoms with E-state index in [4.69, 9.17) is 0 Å². The Labute approximate surface area is 202 Å². The summed E-state index contributed by atoms with van der Waals surface area (Å²) in [5, 5.41) is 5.65. The van der Waals surface area contributed by atoms with Gasteiger partial charge in [0.05, 0.1) is 16.3 Å². The minimum Gasteiger partial charge on any atom is -0.370 e. The molecule has 0 aromatic heterocycles. The molecule has 1 aliphatic heterocycles. The van der Waals surface area contributed by atoms with Gasteiger partial charge in [0.25, 0.3) is 5.91 Å². The number of aryl methyl sites for hydroxylation is 1. The maximum atomic E-state index is 13.0. The van der Waals surface area contributed by atoms with Crippen molar-refractivity contribution in [2.75, 3.05) is 42.9 Å². The Morgan fingerprint density at radius 3 is 2.38 bits per heavy atom. The smallest absolute Gasteiger partial charge is 0.251 e. The molecule has 34 heavy (non-hydrogen) atoms. The van der Waals surface area contributed by atoms with Gasteiger partial charge in [-0.1, -0.05) is 31.5 Å². The molecule has 0 unspecified atom stereocenters. The van der Waals surface area contributed by atoms with Gasteiger partial charge in [0.1, 0.15) is 0 Å². The van der Waals surface area contributed by atoms with Crippen LogP contribution in [0.5, 0.6) is 0 Å². The SMILES string of the molecule is CCN(CC)S(=O)(=O)c1ccc(N2CCCC2)c(NC(=O)CCNC(=O)c2cccc(C)c2)c1. The van der Waals surface area contributed by atoms with Crippen LogP contribution in [0.25, 0.3) is 0 Å². The summed E-state index contributed by atoms with van der Waals surface area (Å²) in [6, 6.07) is 12.2. The molecule has 2 amide bonds. The molecule has 0 saturated carbocycles. The number of nitrogens with one attached hydrogen (secondary N) is 2. The van der Waals surface area contributed by atoms with Crippen LogP contribution in [-0.4, -0.2) is 57.3 Å². The second-order valence-corrected chi connectivity index (χ2v) is 10.3.